The van der Waals surface area contributed by atoms with Crippen LogP contribution < -0.4 is 0 Å². The normalized spacial score (nSPS) is 9.62. The van der Waals surface area contributed by atoms with Crippen molar-refractivity contribution in [2.24, 2.45) is 0 Å². The zero-order valence-electron chi connectivity index (χ0n) is 8.22. The summed E-state index contributed by atoms with van der Waals surface area (Å²) in [5, 5.41) is 0. The first-order valence-electron chi connectivity index (χ1n) is 4.69. The molecule has 13 heavy (non-hydrogen) atoms. The highest BCUT2D eigenvalue weighted by molar-refractivity contribution is 5.73. The molecule has 0 bridgehead atoms. The molecule has 0 aliphatic carbocycles. The maximum Gasteiger partial charge on any atom is -0.0158 e. The summed E-state index contributed by atoms with van der Waals surface area (Å²) in [4.78, 5) is 0. The lowest BCUT2D eigenvalue weighted by atomic mass is 9.98. The molecule has 0 aliphatic heterocycles. The molecule has 0 spiro atoms. The predicted octanol–water partition coefficient (Wildman–Crippen LogP) is 3.84. The highest BCUT2D eigenvalue weighted by atomic mass is 14.1. The Balaban J connectivity index is 3.03. The van der Waals surface area contributed by atoms with Crippen molar-refractivity contribution in [3.63, 3.8) is 0 Å². The summed E-state index contributed by atoms with van der Waals surface area (Å²) in [5.41, 5.74) is 3.62. The Morgan fingerprint density at radius 2 is 2.08 bits per heavy atom. The summed E-state index contributed by atoms with van der Waals surface area (Å²) in [6, 6.07) is 8.39. The van der Waals surface area contributed by atoms with Crippen molar-refractivity contribution < 1.29 is 0 Å². The molecular formula is C13H16. The highest BCUT2D eigenvalue weighted by Crippen LogP contribution is 2.19. The van der Waals surface area contributed by atoms with Crippen LogP contribution >= 0.6 is 0 Å². The van der Waals surface area contributed by atoms with Gasteiger partial charge in [0.25, 0.3) is 0 Å². The fourth-order valence-electron chi connectivity index (χ4n) is 1.43. The van der Waals surface area contributed by atoms with Gasteiger partial charge < -0.3 is 0 Å². The standard InChI is InChI=1S/C13H16/c1-4-8-12-9-6-7-10-13(12)11(3)5-2/h5-7,9-10H,2-4,8H2,1H3. The van der Waals surface area contributed by atoms with Gasteiger partial charge in [0.05, 0.1) is 0 Å². The van der Waals surface area contributed by atoms with Crippen LogP contribution in [-0.4, -0.2) is 0 Å². The minimum Gasteiger partial charge on any atom is -0.0985 e. The largest absolute Gasteiger partial charge is 0.0985 e. The van der Waals surface area contributed by atoms with E-state index in [-0.39, 0.29) is 0 Å². The number of hydrogen-bond acceptors (Lipinski definition) is 0. The molecule has 0 fully saturated rings. The number of rotatable bonds is 4. The Kier molecular flexibility index (Phi) is 3.51. The molecule has 68 valence electrons. The second kappa shape index (κ2) is 4.66. The topological polar surface area (TPSA) is 0 Å². The van der Waals surface area contributed by atoms with Crippen molar-refractivity contribution in [2.45, 2.75) is 19.8 Å². The molecule has 0 unspecified atom stereocenters. The average molecular weight is 172 g/mol. The smallest absolute Gasteiger partial charge is 0.0158 e. The van der Waals surface area contributed by atoms with Gasteiger partial charge in [0.1, 0.15) is 0 Å². The third kappa shape index (κ3) is 2.32. The van der Waals surface area contributed by atoms with E-state index >= 15 is 0 Å². The highest BCUT2D eigenvalue weighted by Gasteiger charge is 2.00. The van der Waals surface area contributed by atoms with Gasteiger partial charge in [-0.3, -0.25) is 0 Å². The van der Waals surface area contributed by atoms with E-state index in [9.17, 15) is 0 Å². The van der Waals surface area contributed by atoms with Crippen LogP contribution in [0.2, 0.25) is 0 Å². The van der Waals surface area contributed by atoms with Crippen molar-refractivity contribution >= 4 is 5.57 Å². The van der Waals surface area contributed by atoms with Crippen LogP contribution in [0.1, 0.15) is 24.5 Å². The van der Waals surface area contributed by atoms with E-state index in [1.165, 1.54) is 17.5 Å². The first-order valence-corrected chi connectivity index (χ1v) is 4.69. The predicted molar refractivity (Wildman–Crippen MR) is 59.7 cm³/mol. The maximum absolute atomic E-state index is 3.97. The van der Waals surface area contributed by atoms with Crippen molar-refractivity contribution in [1.82, 2.24) is 0 Å². The van der Waals surface area contributed by atoms with Crippen LogP contribution in [0.5, 0.6) is 0 Å². The number of benzene rings is 1. The van der Waals surface area contributed by atoms with Crippen LogP contribution in [0.3, 0.4) is 0 Å². The van der Waals surface area contributed by atoms with Gasteiger partial charge in [0.15, 0.2) is 0 Å². The number of aryl methyl sites for hydroxylation is 1. The third-order valence-electron chi connectivity index (χ3n) is 2.13. The monoisotopic (exact) mass is 172 g/mol. The Bertz CT molecular complexity index is 308. The summed E-state index contributed by atoms with van der Waals surface area (Å²) in [7, 11) is 0. The fourth-order valence-corrected chi connectivity index (χ4v) is 1.43. The Morgan fingerprint density at radius 1 is 1.38 bits per heavy atom. The van der Waals surface area contributed by atoms with Gasteiger partial charge in [-0.25, -0.2) is 0 Å². The Hall–Kier alpha value is -1.30. The maximum atomic E-state index is 3.97. The van der Waals surface area contributed by atoms with E-state index in [2.05, 4.69) is 38.3 Å². The molecule has 1 aromatic rings. The van der Waals surface area contributed by atoms with Crippen molar-refractivity contribution in [3.05, 3.63) is 54.6 Å². The number of hydrogen-bond donors (Lipinski definition) is 0. The Morgan fingerprint density at radius 3 is 2.69 bits per heavy atom. The molecule has 0 heteroatoms. The average Bonchev–Trinajstić information content (AvgIpc) is 2.18. The van der Waals surface area contributed by atoms with E-state index in [4.69, 9.17) is 0 Å². The summed E-state index contributed by atoms with van der Waals surface area (Å²) >= 11 is 0. The van der Waals surface area contributed by atoms with E-state index in [1.807, 2.05) is 12.1 Å². The van der Waals surface area contributed by atoms with Crippen molar-refractivity contribution in [1.29, 1.82) is 0 Å². The van der Waals surface area contributed by atoms with Crippen LogP contribution in [0.15, 0.2) is 43.5 Å². The van der Waals surface area contributed by atoms with Gasteiger partial charge in [-0.15, -0.1) is 0 Å². The van der Waals surface area contributed by atoms with Crippen molar-refractivity contribution in [3.8, 4) is 0 Å². The fraction of sp³-hybridized carbons (Fsp3) is 0.231. The van der Waals surface area contributed by atoms with Gasteiger partial charge in [0, 0.05) is 0 Å². The quantitative estimate of drug-likeness (QED) is 0.605. The SMILES string of the molecule is C=CC(=C)c1ccccc1CCC. The van der Waals surface area contributed by atoms with E-state index < -0.39 is 0 Å². The zero-order chi connectivity index (χ0) is 9.68. The van der Waals surface area contributed by atoms with Crippen molar-refractivity contribution in [2.75, 3.05) is 0 Å². The molecule has 0 nitrogen and oxygen atoms in total. The second-order valence-electron chi connectivity index (χ2n) is 3.14. The minimum atomic E-state index is 1.02. The van der Waals surface area contributed by atoms with Gasteiger partial charge in [-0.05, 0) is 23.1 Å². The van der Waals surface area contributed by atoms with Gasteiger partial charge in [-0.1, -0.05) is 56.8 Å². The van der Waals surface area contributed by atoms with E-state index in [0.29, 0.717) is 0 Å². The van der Waals surface area contributed by atoms with Gasteiger partial charge in [0.2, 0.25) is 0 Å². The second-order valence-corrected chi connectivity index (χ2v) is 3.14. The van der Waals surface area contributed by atoms with Gasteiger partial charge in [-0.2, -0.15) is 0 Å². The lowest BCUT2D eigenvalue weighted by molar-refractivity contribution is 0.919. The van der Waals surface area contributed by atoms with Crippen LogP contribution in [0, 0.1) is 0 Å². The molecule has 0 atom stereocenters. The third-order valence-corrected chi connectivity index (χ3v) is 2.13. The lowest BCUT2D eigenvalue weighted by Crippen LogP contribution is -1.90. The minimum absolute atomic E-state index is 1.02. The molecule has 0 radical (unpaired) electrons. The van der Waals surface area contributed by atoms with E-state index in [0.717, 1.165) is 12.0 Å². The van der Waals surface area contributed by atoms with Crippen LogP contribution in [0.25, 0.3) is 5.57 Å². The number of allylic oxidation sites excluding steroid dienone is 2. The first-order chi connectivity index (χ1) is 6.29. The summed E-state index contributed by atoms with van der Waals surface area (Å²) in [6.45, 7) is 9.89. The zero-order valence-corrected chi connectivity index (χ0v) is 8.22. The first kappa shape index (κ1) is 9.79. The lowest BCUT2D eigenvalue weighted by Gasteiger charge is -2.07. The molecule has 1 rings (SSSR count). The molecule has 0 aliphatic rings. The summed E-state index contributed by atoms with van der Waals surface area (Å²) < 4.78 is 0. The Labute approximate surface area is 80.6 Å². The van der Waals surface area contributed by atoms with Crippen LogP contribution in [-0.2, 0) is 6.42 Å². The molecule has 1 aromatic carbocycles. The molecule has 0 N–H and O–H groups in total. The van der Waals surface area contributed by atoms with E-state index in [1.54, 1.807) is 0 Å². The molecule has 0 saturated heterocycles. The molecule has 0 saturated carbocycles. The van der Waals surface area contributed by atoms with Crippen LogP contribution in [0.4, 0.5) is 0 Å². The molecule has 0 heterocycles. The summed E-state index contributed by atoms with van der Waals surface area (Å²) in [5.74, 6) is 0. The van der Waals surface area contributed by atoms with Gasteiger partial charge >= 0.3 is 0 Å². The molecule has 0 aromatic heterocycles. The summed E-state index contributed by atoms with van der Waals surface area (Å²) in [6.07, 6.45) is 4.10. The molecular weight excluding hydrogens is 156 g/mol. The molecule has 0 amide bonds.